The summed E-state index contributed by atoms with van der Waals surface area (Å²) in [6, 6.07) is 8.08. The first-order chi connectivity index (χ1) is 11.4. The van der Waals surface area contributed by atoms with Gasteiger partial charge in [0.15, 0.2) is 0 Å². The number of imide groups is 1. The van der Waals surface area contributed by atoms with Crippen molar-refractivity contribution in [2.75, 3.05) is 13.7 Å². The third-order valence-electron chi connectivity index (χ3n) is 5.46. The number of urea groups is 1. The second-order valence-electron chi connectivity index (χ2n) is 7.42. The Bertz CT molecular complexity index is 628. The number of aryl methyl sites for hydroxylation is 1. The van der Waals surface area contributed by atoms with Crippen molar-refractivity contribution in [2.24, 2.45) is 5.92 Å². The van der Waals surface area contributed by atoms with Crippen molar-refractivity contribution in [1.29, 1.82) is 0 Å². The highest BCUT2D eigenvalue weighted by atomic mass is 16.2. The van der Waals surface area contributed by atoms with E-state index in [4.69, 9.17) is 0 Å². The highest BCUT2D eigenvalue weighted by Crippen LogP contribution is 2.38. The zero-order chi connectivity index (χ0) is 17.3. The number of carbonyl (C=O) groups is 2. The molecule has 1 aromatic rings. The zero-order valence-electron chi connectivity index (χ0n) is 14.8. The monoisotopic (exact) mass is 329 g/mol. The van der Waals surface area contributed by atoms with Gasteiger partial charge in [0.2, 0.25) is 0 Å². The summed E-state index contributed by atoms with van der Waals surface area (Å²) in [5.41, 5.74) is 1.74. The lowest BCUT2D eigenvalue weighted by molar-refractivity contribution is -0.135. The van der Waals surface area contributed by atoms with Crippen molar-refractivity contribution >= 4 is 11.9 Å². The summed E-state index contributed by atoms with van der Waals surface area (Å²) in [6.45, 7) is 5.18. The van der Waals surface area contributed by atoms with E-state index < -0.39 is 5.54 Å². The number of hydrogen-bond donors (Lipinski definition) is 1. The highest BCUT2D eigenvalue weighted by Gasteiger charge is 2.54. The van der Waals surface area contributed by atoms with Crippen LogP contribution in [0.2, 0.25) is 0 Å². The molecule has 1 aromatic carbocycles. The van der Waals surface area contributed by atoms with E-state index >= 15 is 0 Å². The topological polar surface area (TPSA) is 52.6 Å². The van der Waals surface area contributed by atoms with Gasteiger partial charge in [0.05, 0.1) is 6.67 Å². The van der Waals surface area contributed by atoms with Gasteiger partial charge < -0.3 is 5.32 Å². The standard InChI is InChI=1S/C19H27N3O2/c1-14-7-9-16(10-8-14)12-21(3)13-22-17(23)19(20-18(22)24)11-5-4-6-15(19)2/h7-10,15H,4-6,11-13H2,1-3H3,(H,20,24)/t15-,19-/m0/s1. The number of amides is 3. The Morgan fingerprint density at radius 1 is 1.25 bits per heavy atom. The van der Waals surface area contributed by atoms with Crippen LogP contribution in [0.5, 0.6) is 0 Å². The smallest absolute Gasteiger partial charge is 0.323 e. The molecule has 3 amide bonds. The average molecular weight is 329 g/mol. The summed E-state index contributed by atoms with van der Waals surface area (Å²) in [7, 11) is 1.94. The number of benzene rings is 1. The maximum atomic E-state index is 13.0. The van der Waals surface area contributed by atoms with Gasteiger partial charge in [-0.25, -0.2) is 9.69 Å². The van der Waals surface area contributed by atoms with Crippen molar-refractivity contribution in [2.45, 2.75) is 51.6 Å². The van der Waals surface area contributed by atoms with Crippen LogP contribution in [0.4, 0.5) is 4.79 Å². The molecule has 130 valence electrons. The molecule has 3 rings (SSSR count). The largest absolute Gasteiger partial charge is 0.326 e. The third-order valence-corrected chi connectivity index (χ3v) is 5.46. The molecule has 5 heteroatoms. The summed E-state index contributed by atoms with van der Waals surface area (Å²) in [5.74, 6) is 0.158. The Labute approximate surface area is 144 Å². The van der Waals surface area contributed by atoms with Crippen LogP contribution in [-0.4, -0.2) is 41.0 Å². The predicted octanol–water partition coefficient (Wildman–Crippen LogP) is 2.89. The Morgan fingerprint density at radius 2 is 1.96 bits per heavy atom. The molecule has 1 heterocycles. The molecule has 1 saturated carbocycles. The Hall–Kier alpha value is -1.88. The van der Waals surface area contributed by atoms with Crippen molar-refractivity contribution in [1.82, 2.24) is 15.1 Å². The first kappa shape index (κ1) is 17.0. The summed E-state index contributed by atoms with van der Waals surface area (Å²) in [4.78, 5) is 28.7. The van der Waals surface area contributed by atoms with Crippen molar-refractivity contribution < 1.29 is 9.59 Å². The van der Waals surface area contributed by atoms with Gasteiger partial charge in [0.1, 0.15) is 5.54 Å². The van der Waals surface area contributed by atoms with E-state index in [1.807, 2.05) is 11.9 Å². The maximum absolute atomic E-state index is 13.0. The van der Waals surface area contributed by atoms with Crippen LogP contribution >= 0.6 is 0 Å². The SMILES string of the molecule is Cc1ccc(CN(C)CN2C(=O)N[C@]3(CCCC[C@@H]3C)C2=O)cc1. The lowest BCUT2D eigenvalue weighted by Crippen LogP contribution is -2.54. The highest BCUT2D eigenvalue weighted by molar-refractivity contribution is 6.07. The van der Waals surface area contributed by atoms with Crippen LogP contribution in [0.25, 0.3) is 0 Å². The van der Waals surface area contributed by atoms with Gasteiger partial charge in [0, 0.05) is 6.54 Å². The normalized spacial score (nSPS) is 27.2. The first-order valence-corrected chi connectivity index (χ1v) is 8.80. The van der Waals surface area contributed by atoms with Crippen molar-refractivity contribution in [3.8, 4) is 0 Å². The quantitative estimate of drug-likeness (QED) is 0.864. The lowest BCUT2D eigenvalue weighted by Gasteiger charge is -2.37. The summed E-state index contributed by atoms with van der Waals surface area (Å²) in [5, 5.41) is 3.01. The molecule has 2 fully saturated rings. The molecule has 0 unspecified atom stereocenters. The summed E-state index contributed by atoms with van der Waals surface area (Å²) in [6.07, 6.45) is 3.90. The van der Waals surface area contributed by atoms with Gasteiger partial charge in [0.25, 0.3) is 5.91 Å². The lowest BCUT2D eigenvalue weighted by atomic mass is 9.73. The Kier molecular flexibility index (Phi) is 4.63. The van der Waals surface area contributed by atoms with Crippen molar-refractivity contribution in [3.05, 3.63) is 35.4 Å². The van der Waals surface area contributed by atoms with Gasteiger partial charge in [-0.1, -0.05) is 49.6 Å². The van der Waals surface area contributed by atoms with E-state index in [0.717, 1.165) is 25.7 Å². The second kappa shape index (κ2) is 6.55. The molecular weight excluding hydrogens is 302 g/mol. The molecule has 1 aliphatic carbocycles. The van der Waals surface area contributed by atoms with Crippen LogP contribution in [0.15, 0.2) is 24.3 Å². The van der Waals surface area contributed by atoms with Gasteiger partial charge in [-0.3, -0.25) is 9.69 Å². The number of carbonyl (C=O) groups excluding carboxylic acids is 2. The molecule has 0 aromatic heterocycles. The molecule has 1 aliphatic heterocycles. The average Bonchev–Trinajstić information content (AvgIpc) is 2.78. The minimum atomic E-state index is -0.667. The molecule has 5 nitrogen and oxygen atoms in total. The number of nitrogens with one attached hydrogen (secondary N) is 1. The molecule has 1 saturated heterocycles. The molecule has 0 bridgehead atoms. The van der Waals surface area contributed by atoms with Crippen LogP contribution < -0.4 is 5.32 Å². The number of rotatable bonds is 4. The first-order valence-electron chi connectivity index (χ1n) is 8.80. The van der Waals surface area contributed by atoms with Crippen LogP contribution in [0.3, 0.4) is 0 Å². The Morgan fingerprint density at radius 3 is 2.62 bits per heavy atom. The third kappa shape index (κ3) is 3.05. The van der Waals surface area contributed by atoms with Crippen LogP contribution in [0.1, 0.15) is 43.7 Å². The Balaban J connectivity index is 1.67. The zero-order valence-corrected chi connectivity index (χ0v) is 14.8. The van der Waals surface area contributed by atoms with Crippen LogP contribution in [-0.2, 0) is 11.3 Å². The van der Waals surface area contributed by atoms with Crippen LogP contribution in [0, 0.1) is 12.8 Å². The van der Waals surface area contributed by atoms with Crippen molar-refractivity contribution in [3.63, 3.8) is 0 Å². The molecule has 1 spiro atoms. The second-order valence-corrected chi connectivity index (χ2v) is 7.42. The number of hydrogen-bond acceptors (Lipinski definition) is 3. The molecule has 0 radical (unpaired) electrons. The molecule has 24 heavy (non-hydrogen) atoms. The minimum absolute atomic E-state index is 0.0459. The summed E-state index contributed by atoms with van der Waals surface area (Å²) < 4.78 is 0. The van der Waals surface area contributed by atoms with Gasteiger partial charge >= 0.3 is 6.03 Å². The van der Waals surface area contributed by atoms with Gasteiger partial charge in [-0.05, 0) is 38.3 Å². The molecular formula is C19H27N3O2. The summed E-state index contributed by atoms with van der Waals surface area (Å²) >= 11 is 0. The van der Waals surface area contributed by atoms with E-state index in [0.29, 0.717) is 13.2 Å². The van der Waals surface area contributed by atoms with E-state index in [9.17, 15) is 9.59 Å². The number of nitrogens with zero attached hydrogens (tertiary/aromatic N) is 2. The van der Waals surface area contributed by atoms with E-state index in [1.165, 1.54) is 16.0 Å². The maximum Gasteiger partial charge on any atom is 0.326 e. The van der Waals surface area contributed by atoms with E-state index in [-0.39, 0.29) is 17.9 Å². The molecule has 2 aliphatic rings. The van der Waals surface area contributed by atoms with E-state index in [2.05, 4.69) is 43.4 Å². The van der Waals surface area contributed by atoms with Gasteiger partial charge in [-0.15, -0.1) is 0 Å². The fourth-order valence-electron chi connectivity index (χ4n) is 3.92. The molecule has 1 N–H and O–H groups in total. The predicted molar refractivity (Wildman–Crippen MR) is 93.3 cm³/mol. The molecule has 2 atom stereocenters. The fraction of sp³-hybridized carbons (Fsp3) is 0.579. The van der Waals surface area contributed by atoms with E-state index in [1.54, 1.807) is 0 Å². The minimum Gasteiger partial charge on any atom is -0.323 e. The van der Waals surface area contributed by atoms with Gasteiger partial charge in [-0.2, -0.15) is 0 Å². The fourth-order valence-corrected chi connectivity index (χ4v) is 3.92.